The van der Waals surface area contributed by atoms with Gasteiger partial charge in [-0.2, -0.15) is 0 Å². The fraction of sp³-hybridized carbons (Fsp3) is 0.222. The largest absolute Gasteiger partial charge is 0.356 e. The maximum absolute atomic E-state index is 11.9. The Morgan fingerprint density at radius 1 is 1.09 bits per heavy atom. The molecule has 0 atom stereocenters. The van der Waals surface area contributed by atoms with E-state index in [0.717, 1.165) is 22.4 Å². The Kier molecular flexibility index (Phi) is 4.93. The second-order valence-corrected chi connectivity index (χ2v) is 5.86. The molecule has 1 heterocycles. The van der Waals surface area contributed by atoms with Gasteiger partial charge in [-0.3, -0.25) is 4.79 Å². The lowest BCUT2D eigenvalue weighted by Gasteiger charge is -2.04. The summed E-state index contributed by atoms with van der Waals surface area (Å²) in [5, 5.41) is 3.64. The third-order valence-electron chi connectivity index (χ3n) is 3.68. The van der Waals surface area contributed by atoms with E-state index >= 15 is 0 Å². The van der Waals surface area contributed by atoms with Gasteiger partial charge < -0.3 is 10.3 Å². The van der Waals surface area contributed by atoms with Gasteiger partial charge in [-0.1, -0.05) is 35.9 Å². The summed E-state index contributed by atoms with van der Waals surface area (Å²) in [4.78, 5) is 19.6. The summed E-state index contributed by atoms with van der Waals surface area (Å²) < 4.78 is 0. The molecule has 2 N–H and O–H groups in total. The fourth-order valence-electron chi connectivity index (χ4n) is 2.44. The maximum Gasteiger partial charge on any atom is 0.220 e. The number of rotatable bonds is 6. The van der Waals surface area contributed by atoms with Gasteiger partial charge in [-0.25, -0.2) is 4.98 Å². The van der Waals surface area contributed by atoms with Gasteiger partial charge in [0.15, 0.2) is 0 Å². The number of para-hydroxylation sites is 2. The molecule has 4 nitrogen and oxygen atoms in total. The van der Waals surface area contributed by atoms with Crippen LogP contribution in [0.5, 0.6) is 0 Å². The number of nitrogens with one attached hydrogen (secondary N) is 2. The van der Waals surface area contributed by atoms with Crippen molar-refractivity contribution in [3.8, 4) is 0 Å². The molecule has 3 rings (SSSR count). The van der Waals surface area contributed by atoms with Crippen molar-refractivity contribution in [3.05, 3.63) is 64.9 Å². The zero-order valence-corrected chi connectivity index (χ0v) is 13.4. The van der Waals surface area contributed by atoms with Gasteiger partial charge in [-0.05, 0) is 36.2 Å². The molecule has 0 radical (unpaired) electrons. The number of carbonyl (C=O) groups is 1. The van der Waals surface area contributed by atoms with E-state index in [0.29, 0.717) is 30.8 Å². The van der Waals surface area contributed by atoms with Crippen LogP contribution in [-0.2, 0) is 17.6 Å². The van der Waals surface area contributed by atoms with E-state index in [-0.39, 0.29) is 5.91 Å². The summed E-state index contributed by atoms with van der Waals surface area (Å²) in [6.07, 6.45) is 1.89. The normalized spacial score (nSPS) is 10.8. The summed E-state index contributed by atoms with van der Waals surface area (Å²) in [6, 6.07) is 15.5. The number of H-pyrrole nitrogens is 1. The molecular formula is C18H18ClN3O. The average molecular weight is 328 g/mol. The molecule has 1 aromatic heterocycles. The first-order chi connectivity index (χ1) is 11.2. The number of aromatic amines is 1. The van der Waals surface area contributed by atoms with Crippen LogP contribution in [0.1, 0.15) is 17.8 Å². The Morgan fingerprint density at radius 3 is 2.65 bits per heavy atom. The Hall–Kier alpha value is -2.33. The molecular weight excluding hydrogens is 310 g/mol. The van der Waals surface area contributed by atoms with Crippen LogP contribution in [0.4, 0.5) is 0 Å². The first kappa shape index (κ1) is 15.6. The van der Waals surface area contributed by atoms with Crippen LogP contribution >= 0.6 is 11.6 Å². The highest BCUT2D eigenvalue weighted by atomic mass is 35.5. The minimum absolute atomic E-state index is 0.0519. The van der Waals surface area contributed by atoms with Crippen molar-refractivity contribution < 1.29 is 4.79 Å². The summed E-state index contributed by atoms with van der Waals surface area (Å²) in [5.41, 5.74) is 3.09. The molecule has 5 heteroatoms. The van der Waals surface area contributed by atoms with Gasteiger partial charge in [0.05, 0.1) is 11.0 Å². The maximum atomic E-state index is 11.9. The van der Waals surface area contributed by atoms with Gasteiger partial charge in [0.25, 0.3) is 0 Å². The predicted octanol–water partition coefficient (Wildman–Crippen LogP) is 3.51. The number of carbonyl (C=O) groups excluding carboxylic acids is 1. The SMILES string of the molecule is O=C(CCc1ccc(Cl)cc1)NCCc1nc2ccccc2[nH]1. The number of aryl methyl sites for hydroxylation is 1. The van der Waals surface area contributed by atoms with Crippen LogP contribution in [0.25, 0.3) is 11.0 Å². The minimum atomic E-state index is 0.0519. The van der Waals surface area contributed by atoms with E-state index in [1.807, 2.05) is 48.5 Å². The minimum Gasteiger partial charge on any atom is -0.356 e. The zero-order chi connectivity index (χ0) is 16.1. The van der Waals surface area contributed by atoms with Crippen molar-refractivity contribution in [2.24, 2.45) is 0 Å². The fourth-order valence-corrected chi connectivity index (χ4v) is 2.57. The average Bonchev–Trinajstić information content (AvgIpc) is 2.97. The molecule has 3 aromatic rings. The molecule has 1 amide bonds. The van der Waals surface area contributed by atoms with Gasteiger partial charge in [0, 0.05) is 24.4 Å². The third kappa shape index (κ3) is 4.33. The Balaban J connectivity index is 1.43. The summed E-state index contributed by atoms with van der Waals surface area (Å²) >= 11 is 5.84. The van der Waals surface area contributed by atoms with Crippen LogP contribution in [0.2, 0.25) is 5.02 Å². The number of benzene rings is 2. The van der Waals surface area contributed by atoms with Crippen molar-refractivity contribution in [2.45, 2.75) is 19.3 Å². The molecule has 118 valence electrons. The van der Waals surface area contributed by atoms with Crippen LogP contribution < -0.4 is 5.32 Å². The van der Waals surface area contributed by atoms with Crippen LogP contribution in [-0.4, -0.2) is 22.4 Å². The molecule has 0 spiro atoms. The van der Waals surface area contributed by atoms with E-state index in [9.17, 15) is 4.79 Å². The predicted molar refractivity (Wildman–Crippen MR) is 92.6 cm³/mol. The van der Waals surface area contributed by atoms with Crippen LogP contribution in [0.15, 0.2) is 48.5 Å². The van der Waals surface area contributed by atoms with E-state index in [1.165, 1.54) is 0 Å². The number of amides is 1. The number of nitrogens with zero attached hydrogens (tertiary/aromatic N) is 1. The monoisotopic (exact) mass is 327 g/mol. The number of fused-ring (bicyclic) bond motifs is 1. The van der Waals surface area contributed by atoms with Gasteiger partial charge in [0.2, 0.25) is 5.91 Å². The molecule has 0 aliphatic rings. The molecule has 0 fully saturated rings. The topological polar surface area (TPSA) is 57.8 Å². The second kappa shape index (κ2) is 7.29. The number of imidazole rings is 1. The van der Waals surface area contributed by atoms with Crippen molar-refractivity contribution >= 4 is 28.5 Å². The second-order valence-electron chi connectivity index (χ2n) is 5.43. The van der Waals surface area contributed by atoms with Crippen molar-refractivity contribution in [3.63, 3.8) is 0 Å². The molecule has 0 saturated carbocycles. The van der Waals surface area contributed by atoms with Crippen molar-refractivity contribution in [1.82, 2.24) is 15.3 Å². The zero-order valence-electron chi connectivity index (χ0n) is 12.7. The lowest BCUT2D eigenvalue weighted by molar-refractivity contribution is -0.121. The molecule has 2 aromatic carbocycles. The smallest absolute Gasteiger partial charge is 0.220 e. The highest BCUT2D eigenvalue weighted by molar-refractivity contribution is 6.30. The van der Waals surface area contributed by atoms with E-state index in [1.54, 1.807) is 0 Å². The Bertz CT molecular complexity index is 762. The highest BCUT2D eigenvalue weighted by Crippen LogP contribution is 2.11. The first-order valence-electron chi connectivity index (χ1n) is 7.65. The van der Waals surface area contributed by atoms with Crippen molar-refractivity contribution in [1.29, 1.82) is 0 Å². The van der Waals surface area contributed by atoms with Crippen LogP contribution in [0.3, 0.4) is 0 Å². The van der Waals surface area contributed by atoms with E-state index in [2.05, 4.69) is 15.3 Å². The first-order valence-corrected chi connectivity index (χ1v) is 8.03. The lowest BCUT2D eigenvalue weighted by atomic mass is 10.1. The van der Waals surface area contributed by atoms with Gasteiger partial charge >= 0.3 is 0 Å². The number of halogens is 1. The van der Waals surface area contributed by atoms with Crippen LogP contribution in [0, 0.1) is 0 Å². The van der Waals surface area contributed by atoms with Crippen molar-refractivity contribution in [2.75, 3.05) is 6.54 Å². The third-order valence-corrected chi connectivity index (χ3v) is 3.93. The molecule has 0 saturated heterocycles. The van der Waals surface area contributed by atoms with Gasteiger partial charge in [0.1, 0.15) is 5.82 Å². The standard InChI is InChI=1S/C18H18ClN3O/c19-14-8-5-13(6-9-14)7-10-18(23)20-12-11-17-21-15-3-1-2-4-16(15)22-17/h1-6,8-9H,7,10-12H2,(H,20,23)(H,21,22). The lowest BCUT2D eigenvalue weighted by Crippen LogP contribution is -2.26. The quantitative estimate of drug-likeness (QED) is 0.728. The Labute approximate surface area is 139 Å². The van der Waals surface area contributed by atoms with E-state index in [4.69, 9.17) is 11.6 Å². The summed E-state index contributed by atoms with van der Waals surface area (Å²) in [5.74, 6) is 0.945. The molecule has 0 aliphatic carbocycles. The number of aromatic nitrogens is 2. The number of hydrogen-bond donors (Lipinski definition) is 2. The summed E-state index contributed by atoms with van der Waals surface area (Å²) in [7, 11) is 0. The molecule has 23 heavy (non-hydrogen) atoms. The highest BCUT2D eigenvalue weighted by Gasteiger charge is 2.05. The number of hydrogen-bond acceptors (Lipinski definition) is 2. The van der Waals surface area contributed by atoms with E-state index < -0.39 is 0 Å². The summed E-state index contributed by atoms with van der Waals surface area (Å²) in [6.45, 7) is 0.583. The molecule has 0 bridgehead atoms. The Morgan fingerprint density at radius 2 is 1.87 bits per heavy atom. The molecule has 0 aliphatic heterocycles. The van der Waals surface area contributed by atoms with Gasteiger partial charge in [-0.15, -0.1) is 0 Å². The molecule has 0 unspecified atom stereocenters.